The summed E-state index contributed by atoms with van der Waals surface area (Å²) in [6.07, 6.45) is 15.4. The molecule has 0 bridgehead atoms. The lowest BCUT2D eigenvalue weighted by Gasteiger charge is -2.38. The van der Waals surface area contributed by atoms with Crippen molar-refractivity contribution >= 4 is 14.3 Å². The number of ether oxygens (including phenoxy) is 3. The number of allylic oxidation sites excluding steroid dienone is 1. The van der Waals surface area contributed by atoms with E-state index >= 15 is 0 Å². The summed E-state index contributed by atoms with van der Waals surface area (Å²) in [4.78, 5) is 13.0. The van der Waals surface area contributed by atoms with Gasteiger partial charge in [0.2, 0.25) is 0 Å². The first-order valence-corrected chi connectivity index (χ1v) is 19.6. The van der Waals surface area contributed by atoms with E-state index in [1.54, 1.807) is 6.08 Å². The molecule has 0 radical (unpaired) electrons. The molecule has 0 saturated heterocycles. The normalized spacial score (nSPS) is 23.8. The molecular formula is C38H56O5Si. The Morgan fingerprint density at radius 1 is 0.727 bits per heavy atom. The fraction of sp³-hybridized carbons (Fsp3) is 0.553. The van der Waals surface area contributed by atoms with Crippen molar-refractivity contribution in [2.75, 3.05) is 0 Å². The number of carbonyl (C=O) groups is 1. The predicted octanol–water partition coefficient (Wildman–Crippen LogP) is 9.73. The largest absolute Gasteiger partial charge is 0.460 e. The van der Waals surface area contributed by atoms with Crippen molar-refractivity contribution in [1.29, 1.82) is 0 Å². The second-order valence-corrected chi connectivity index (χ2v) is 16.8. The van der Waals surface area contributed by atoms with Crippen LogP contribution in [-0.2, 0) is 36.6 Å². The minimum absolute atomic E-state index is 0.115. The van der Waals surface area contributed by atoms with Gasteiger partial charge in [0.15, 0.2) is 8.32 Å². The average molecular weight is 621 g/mol. The SMILES string of the molecule is CC[Si](CC)(CC)O[C@@H]1/C=C/C(=O)O[C@@H](C)CCCCCCCCC=C[C@@H](OCc2ccccc2)[C@@H]1OCc1ccccc1. The molecule has 1 aliphatic heterocycles. The Morgan fingerprint density at radius 2 is 1.30 bits per heavy atom. The third kappa shape index (κ3) is 12.8. The summed E-state index contributed by atoms with van der Waals surface area (Å²) < 4.78 is 26.4. The fourth-order valence-electron chi connectivity index (χ4n) is 5.78. The third-order valence-corrected chi connectivity index (χ3v) is 13.5. The van der Waals surface area contributed by atoms with Crippen LogP contribution in [0.2, 0.25) is 18.1 Å². The molecular weight excluding hydrogens is 564 g/mol. The van der Waals surface area contributed by atoms with Crippen molar-refractivity contribution in [2.45, 2.75) is 135 Å². The van der Waals surface area contributed by atoms with Gasteiger partial charge >= 0.3 is 5.97 Å². The first kappa shape index (κ1) is 36.0. The molecule has 0 saturated carbocycles. The van der Waals surface area contributed by atoms with Crippen LogP contribution in [0.3, 0.4) is 0 Å². The second kappa shape index (κ2) is 20.5. The van der Waals surface area contributed by atoms with Crippen LogP contribution in [0.4, 0.5) is 0 Å². The molecule has 0 aliphatic carbocycles. The number of cyclic esters (lactones) is 1. The Kier molecular flexibility index (Phi) is 16.8. The molecule has 0 spiro atoms. The molecule has 0 aromatic heterocycles. The number of hydrogen-bond donors (Lipinski definition) is 0. The van der Waals surface area contributed by atoms with Crippen molar-refractivity contribution in [2.24, 2.45) is 0 Å². The van der Waals surface area contributed by atoms with Gasteiger partial charge in [-0.3, -0.25) is 0 Å². The maximum absolute atomic E-state index is 13.0. The van der Waals surface area contributed by atoms with Crippen LogP contribution in [0.1, 0.15) is 90.2 Å². The number of esters is 1. The van der Waals surface area contributed by atoms with Gasteiger partial charge in [0.05, 0.1) is 25.4 Å². The van der Waals surface area contributed by atoms with Gasteiger partial charge in [-0.25, -0.2) is 4.79 Å². The molecule has 2 aromatic carbocycles. The van der Waals surface area contributed by atoms with Gasteiger partial charge in [0.1, 0.15) is 12.2 Å². The van der Waals surface area contributed by atoms with Gasteiger partial charge < -0.3 is 18.6 Å². The monoisotopic (exact) mass is 620 g/mol. The van der Waals surface area contributed by atoms with Gasteiger partial charge in [-0.15, -0.1) is 0 Å². The second-order valence-electron chi connectivity index (χ2n) is 12.1. The van der Waals surface area contributed by atoms with Gasteiger partial charge in [-0.1, -0.05) is 119 Å². The molecule has 1 aliphatic rings. The topological polar surface area (TPSA) is 54.0 Å². The maximum atomic E-state index is 13.0. The smallest absolute Gasteiger partial charge is 0.330 e. The molecule has 0 amide bonds. The van der Waals surface area contributed by atoms with Gasteiger partial charge in [-0.05, 0) is 67.9 Å². The van der Waals surface area contributed by atoms with E-state index in [0.29, 0.717) is 13.2 Å². The molecule has 44 heavy (non-hydrogen) atoms. The highest BCUT2D eigenvalue weighted by Crippen LogP contribution is 2.28. The van der Waals surface area contributed by atoms with Crippen LogP contribution in [0, 0.1) is 0 Å². The summed E-state index contributed by atoms with van der Waals surface area (Å²) in [7, 11) is -2.11. The standard InChI is InChI=1S/C38H56O5Si/c1-5-44(6-2,7-3)43-36-28-29-37(39)42-32(4)22-16-12-10-8-9-11-13-21-27-35(40-30-33-23-17-14-18-24-33)38(36)41-31-34-25-19-15-20-26-34/h14-15,17-21,23-29,32,35-36,38H,5-13,16,22,30-31H2,1-4H3/b27-21?,29-28+/t32-,35+,36+,38-/m0/s1. The van der Waals surface area contributed by atoms with Crippen molar-refractivity contribution in [3.63, 3.8) is 0 Å². The Bertz CT molecular complexity index is 1090. The van der Waals surface area contributed by atoms with Crippen LogP contribution in [-0.4, -0.2) is 38.7 Å². The van der Waals surface area contributed by atoms with E-state index in [-0.39, 0.29) is 18.2 Å². The minimum atomic E-state index is -2.11. The van der Waals surface area contributed by atoms with E-state index in [4.69, 9.17) is 18.6 Å². The number of benzene rings is 2. The molecule has 5 nitrogen and oxygen atoms in total. The first-order valence-electron chi connectivity index (χ1n) is 17.0. The first-order chi connectivity index (χ1) is 21.5. The Labute approximate surface area is 268 Å². The van der Waals surface area contributed by atoms with E-state index < -0.39 is 20.5 Å². The maximum Gasteiger partial charge on any atom is 0.330 e. The number of carbonyl (C=O) groups excluding carboxylic acids is 1. The van der Waals surface area contributed by atoms with Crippen molar-refractivity contribution < 1.29 is 23.4 Å². The molecule has 0 fully saturated rings. The lowest BCUT2D eigenvalue weighted by molar-refractivity contribution is -0.142. The molecule has 4 atom stereocenters. The summed E-state index contributed by atoms with van der Waals surface area (Å²) in [6, 6.07) is 23.4. The van der Waals surface area contributed by atoms with Gasteiger partial charge in [-0.2, -0.15) is 0 Å². The van der Waals surface area contributed by atoms with Crippen LogP contribution in [0.15, 0.2) is 85.0 Å². The summed E-state index contributed by atoms with van der Waals surface area (Å²) in [6.45, 7) is 9.54. The van der Waals surface area contributed by atoms with E-state index in [9.17, 15) is 4.79 Å². The van der Waals surface area contributed by atoms with Crippen LogP contribution in [0.25, 0.3) is 0 Å². The van der Waals surface area contributed by atoms with Crippen LogP contribution < -0.4 is 0 Å². The highest BCUT2D eigenvalue weighted by molar-refractivity contribution is 6.73. The lowest BCUT2D eigenvalue weighted by Crippen LogP contribution is -2.48. The molecule has 0 unspecified atom stereocenters. The molecule has 3 rings (SSSR count). The minimum Gasteiger partial charge on any atom is -0.460 e. The molecule has 0 N–H and O–H groups in total. The van der Waals surface area contributed by atoms with Gasteiger partial charge in [0.25, 0.3) is 0 Å². The summed E-state index contributed by atoms with van der Waals surface area (Å²) in [5.41, 5.74) is 2.19. The van der Waals surface area contributed by atoms with E-state index in [1.807, 2.05) is 49.4 Å². The van der Waals surface area contributed by atoms with E-state index in [0.717, 1.165) is 54.9 Å². The molecule has 1 heterocycles. The zero-order chi connectivity index (χ0) is 31.5. The number of hydrogen-bond acceptors (Lipinski definition) is 5. The molecule has 242 valence electrons. The van der Waals surface area contributed by atoms with Gasteiger partial charge in [0, 0.05) is 6.08 Å². The highest BCUT2D eigenvalue weighted by Gasteiger charge is 2.37. The van der Waals surface area contributed by atoms with E-state index in [1.165, 1.54) is 25.7 Å². The average Bonchev–Trinajstić information content (AvgIpc) is 3.05. The lowest BCUT2D eigenvalue weighted by atomic mass is 10.0. The zero-order valence-corrected chi connectivity index (χ0v) is 28.6. The summed E-state index contributed by atoms with van der Waals surface area (Å²) in [5.74, 6) is -0.330. The Morgan fingerprint density at radius 3 is 1.91 bits per heavy atom. The van der Waals surface area contributed by atoms with E-state index in [2.05, 4.69) is 57.2 Å². The predicted molar refractivity (Wildman–Crippen MR) is 183 cm³/mol. The van der Waals surface area contributed by atoms with Crippen LogP contribution in [0.5, 0.6) is 0 Å². The summed E-state index contributed by atoms with van der Waals surface area (Å²) >= 11 is 0. The van der Waals surface area contributed by atoms with Crippen molar-refractivity contribution in [3.05, 3.63) is 96.1 Å². The highest BCUT2D eigenvalue weighted by atomic mass is 28.4. The summed E-state index contributed by atoms with van der Waals surface area (Å²) in [5, 5.41) is 0. The third-order valence-electron chi connectivity index (χ3n) is 8.83. The zero-order valence-electron chi connectivity index (χ0n) is 27.6. The van der Waals surface area contributed by atoms with Crippen molar-refractivity contribution in [1.82, 2.24) is 0 Å². The van der Waals surface area contributed by atoms with Crippen molar-refractivity contribution in [3.8, 4) is 0 Å². The Balaban J connectivity index is 2.01. The quantitative estimate of drug-likeness (QED) is 0.142. The van der Waals surface area contributed by atoms with Crippen LogP contribution >= 0.6 is 0 Å². The molecule has 6 heteroatoms. The Hall–Kier alpha value is -2.51. The molecule has 2 aromatic rings. The number of rotatable bonds is 11. The fourth-order valence-corrected chi connectivity index (χ4v) is 8.57.